The Labute approximate surface area is 200 Å². The molecule has 4 heteroatoms. The van der Waals surface area contributed by atoms with Crippen LogP contribution in [0, 0.1) is 17.8 Å². The number of aromatic hydroxyl groups is 1. The van der Waals surface area contributed by atoms with Gasteiger partial charge in [0.15, 0.2) is 0 Å². The van der Waals surface area contributed by atoms with Gasteiger partial charge in [0.2, 0.25) is 0 Å². The summed E-state index contributed by atoms with van der Waals surface area (Å²) in [6, 6.07) is 15.9. The van der Waals surface area contributed by atoms with Crippen molar-refractivity contribution in [1.82, 2.24) is 0 Å². The highest BCUT2D eigenvalue weighted by atomic mass is 16.5. The molecule has 4 nitrogen and oxygen atoms in total. The lowest BCUT2D eigenvalue weighted by atomic mass is 9.48. The summed E-state index contributed by atoms with van der Waals surface area (Å²) in [5, 5.41) is 12.3. The standard InChI is InChI=1S/C30H32O4/c1-3-34-29(32)24-11-23-5-4-21(12-25(23)27(31)14-24)22-6-7-28(33-2)26(13-22)30-15-18-8-19(16-30)10-20(9-18)17-30/h4-7,11-14,18-20,31H,3,8-10,15-17H2,1-2H3. The fourth-order valence-electron chi connectivity index (χ4n) is 7.59. The second-order valence-corrected chi connectivity index (χ2v) is 10.8. The molecule has 4 aliphatic carbocycles. The van der Waals surface area contributed by atoms with Crippen LogP contribution in [0.15, 0.2) is 48.5 Å². The lowest BCUT2D eigenvalue weighted by molar-refractivity contribution is -0.00613. The number of hydrogen-bond acceptors (Lipinski definition) is 4. The van der Waals surface area contributed by atoms with Crippen LogP contribution in [0.4, 0.5) is 0 Å². The Morgan fingerprint density at radius 3 is 2.24 bits per heavy atom. The van der Waals surface area contributed by atoms with Crippen molar-refractivity contribution in [3.05, 3.63) is 59.7 Å². The number of phenols is 1. The van der Waals surface area contributed by atoms with Crippen molar-refractivity contribution >= 4 is 16.7 Å². The van der Waals surface area contributed by atoms with E-state index in [1.54, 1.807) is 20.1 Å². The summed E-state index contributed by atoms with van der Waals surface area (Å²) in [5.41, 5.74) is 4.17. The van der Waals surface area contributed by atoms with Gasteiger partial charge in [0.1, 0.15) is 11.5 Å². The van der Waals surface area contributed by atoms with Crippen molar-refractivity contribution in [3.8, 4) is 22.6 Å². The first kappa shape index (κ1) is 21.5. The first-order valence-corrected chi connectivity index (χ1v) is 12.6. The van der Waals surface area contributed by atoms with Gasteiger partial charge in [-0.2, -0.15) is 0 Å². The lowest BCUT2D eigenvalue weighted by Crippen LogP contribution is -2.48. The van der Waals surface area contributed by atoms with Gasteiger partial charge in [-0.25, -0.2) is 4.79 Å². The van der Waals surface area contributed by atoms with Gasteiger partial charge in [0.25, 0.3) is 0 Å². The monoisotopic (exact) mass is 456 g/mol. The number of methoxy groups -OCH3 is 1. The van der Waals surface area contributed by atoms with E-state index in [4.69, 9.17) is 9.47 Å². The van der Waals surface area contributed by atoms with Crippen LogP contribution in [0.25, 0.3) is 21.9 Å². The molecule has 7 rings (SSSR count). The lowest BCUT2D eigenvalue weighted by Gasteiger charge is -2.57. The van der Waals surface area contributed by atoms with E-state index in [2.05, 4.69) is 24.3 Å². The largest absolute Gasteiger partial charge is 0.507 e. The average molecular weight is 457 g/mol. The fraction of sp³-hybridized carbons (Fsp3) is 0.433. The van der Waals surface area contributed by atoms with Crippen LogP contribution in [0.5, 0.6) is 11.5 Å². The Bertz CT molecular complexity index is 1240. The van der Waals surface area contributed by atoms with Gasteiger partial charge in [-0.15, -0.1) is 0 Å². The molecule has 4 aliphatic rings. The predicted octanol–water partition coefficient (Wildman–Crippen LogP) is 6.87. The zero-order valence-corrected chi connectivity index (χ0v) is 20.0. The minimum atomic E-state index is -0.417. The summed E-state index contributed by atoms with van der Waals surface area (Å²) in [6.45, 7) is 2.08. The van der Waals surface area contributed by atoms with Crippen LogP contribution in [0.3, 0.4) is 0 Å². The van der Waals surface area contributed by atoms with Crippen LogP contribution in [0.1, 0.15) is 61.4 Å². The van der Waals surface area contributed by atoms with Crippen LogP contribution < -0.4 is 4.74 Å². The molecule has 0 radical (unpaired) electrons. The highest BCUT2D eigenvalue weighted by Gasteiger charge is 2.52. The van der Waals surface area contributed by atoms with Gasteiger partial charge >= 0.3 is 5.97 Å². The smallest absolute Gasteiger partial charge is 0.338 e. The van der Waals surface area contributed by atoms with Crippen molar-refractivity contribution < 1.29 is 19.4 Å². The molecule has 0 saturated heterocycles. The molecule has 3 aromatic rings. The number of phenolic OH excluding ortho intramolecular Hbond substituents is 1. The molecular formula is C30H32O4. The Kier molecular flexibility index (Phi) is 5.09. The number of benzene rings is 3. The van der Waals surface area contributed by atoms with E-state index in [9.17, 15) is 9.90 Å². The van der Waals surface area contributed by atoms with Gasteiger partial charge in [0, 0.05) is 10.9 Å². The van der Waals surface area contributed by atoms with E-state index >= 15 is 0 Å². The molecule has 0 spiro atoms. The molecule has 0 aliphatic heterocycles. The quantitative estimate of drug-likeness (QED) is 0.426. The summed E-state index contributed by atoms with van der Waals surface area (Å²) in [7, 11) is 1.79. The molecule has 176 valence electrons. The molecule has 34 heavy (non-hydrogen) atoms. The highest BCUT2D eigenvalue weighted by Crippen LogP contribution is 2.62. The predicted molar refractivity (Wildman–Crippen MR) is 133 cm³/mol. The maximum atomic E-state index is 12.1. The van der Waals surface area contributed by atoms with Crippen molar-refractivity contribution in [3.63, 3.8) is 0 Å². The summed E-state index contributed by atoms with van der Waals surface area (Å²) >= 11 is 0. The van der Waals surface area contributed by atoms with Gasteiger partial charge in [0.05, 0.1) is 19.3 Å². The number of rotatable bonds is 5. The van der Waals surface area contributed by atoms with Crippen LogP contribution in [-0.2, 0) is 10.2 Å². The average Bonchev–Trinajstić information content (AvgIpc) is 2.83. The zero-order chi connectivity index (χ0) is 23.4. The second kappa shape index (κ2) is 8.04. The molecule has 3 aromatic carbocycles. The first-order valence-electron chi connectivity index (χ1n) is 12.6. The summed E-state index contributed by atoms with van der Waals surface area (Å²) < 4.78 is 11.0. The minimum absolute atomic E-state index is 0.0947. The molecule has 0 unspecified atom stereocenters. The number of carbonyl (C=O) groups excluding carboxylic acids is 1. The summed E-state index contributed by atoms with van der Waals surface area (Å²) in [4.78, 5) is 12.1. The third kappa shape index (κ3) is 3.46. The highest BCUT2D eigenvalue weighted by molar-refractivity contribution is 5.99. The molecule has 0 aromatic heterocycles. The number of fused-ring (bicyclic) bond motifs is 1. The summed E-state index contributed by atoms with van der Waals surface area (Å²) in [6.07, 6.45) is 8.10. The Balaban J connectivity index is 1.41. The normalized spacial score (nSPS) is 27.2. The molecule has 4 fully saturated rings. The van der Waals surface area contributed by atoms with E-state index in [0.717, 1.165) is 45.4 Å². The molecule has 0 heterocycles. The van der Waals surface area contributed by atoms with Gasteiger partial charge in [-0.05, 0) is 115 Å². The van der Waals surface area contributed by atoms with Crippen molar-refractivity contribution in [1.29, 1.82) is 0 Å². The zero-order valence-electron chi connectivity index (χ0n) is 20.0. The van der Waals surface area contributed by atoms with Gasteiger partial charge in [-0.1, -0.05) is 18.2 Å². The number of carbonyl (C=O) groups is 1. The molecule has 4 saturated carbocycles. The summed E-state index contributed by atoms with van der Waals surface area (Å²) in [5.74, 6) is 3.28. The SMILES string of the molecule is CCOC(=O)c1cc(O)c2cc(-c3ccc(OC)c(C45CC6CC(CC(C6)C4)C5)c3)ccc2c1. The third-order valence-corrected chi connectivity index (χ3v) is 8.59. The second-order valence-electron chi connectivity index (χ2n) is 10.8. The maximum absolute atomic E-state index is 12.1. The van der Waals surface area contributed by atoms with E-state index in [-0.39, 0.29) is 11.2 Å². The third-order valence-electron chi connectivity index (χ3n) is 8.59. The van der Waals surface area contributed by atoms with Crippen molar-refractivity contribution in [2.24, 2.45) is 17.8 Å². The first-order chi connectivity index (χ1) is 16.5. The molecule has 1 N–H and O–H groups in total. The van der Waals surface area contributed by atoms with E-state index in [1.807, 2.05) is 12.1 Å². The molecular weight excluding hydrogens is 424 g/mol. The van der Waals surface area contributed by atoms with Gasteiger partial charge in [-0.3, -0.25) is 0 Å². The van der Waals surface area contributed by atoms with Crippen LogP contribution in [-0.4, -0.2) is 24.8 Å². The number of hydrogen-bond donors (Lipinski definition) is 1. The maximum Gasteiger partial charge on any atom is 0.338 e. The number of esters is 1. The molecule has 4 bridgehead atoms. The van der Waals surface area contributed by atoms with E-state index in [0.29, 0.717) is 12.2 Å². The van der Waals surface area contributed by atoms with Crippen LogP contribution >= 0.6 is 0 Å². The Hall–Kier alpha value is -3.01. The molecule has 0 atom stereocenters. The number of ether oxygens (including phenoxy) is 2. The van der Waals surface area contributed by atoms with Crippen LogP contribution in [0.2, 0.25) is 0 Å². The van der Waals surface area contributed by atoms with Gasteiger partial charge < -0.3 is 14.6 Å². The fourth-order valence-corrected chi connectivity index (χ4v) is 7.59. The van der Waals surface area contributed by atoms with E-state index in [1.165, 1.54) is 50.2 Å². The van der Waals surface area contributed by atoms with Crippen molar-refractivity contribution in [2.45, 2.75) is 50.9 Å². The minimum Gasteiger partial charge on any atom is -0.507 e. The topological polar surface area (TPSA) is 55.8 Å². The van der Waals surface area contributed by atoms with Crippen molar-refractivity contribution in [2.75, 3.05) is 13.7 Å². The Morgan fingerprint density at radius 1 is 0.941 bits per heavy atom. The molecule has 0 amide bonds. The Morgan fingerprint density at radius 2 is 1.59 bits per heavy atom. The van der Waals surface area contributed by atoms with E-state index < -0.39 is 5.97 Å².